The quantitative estimate of drug-likeness (QED) is 0.648. The zero-order chi connectivity index (χ0) is 19.1. The molecule has 136 valence electrons. The predicted octanol–water partition coefficient (Wildman–Crippen LogP) is 3.93. The summed E-state index contributed by atoms with van der Waals surface area (Å²) in [6.45, 7) is 1.93. The van der Waals surface area contributed by atoms with E-state index >= 15 is 0 Å². The van der Waals surface area contributed by atoms with Crippen molar-refractivity contribution in [3.8, 4) is 0 Å². The lowest BCUT2D eigenvalue weighted by atomic mass is 9.86. The van der Waals surface area contributed by atoms with Crippen molar-refractivity contribution >= 4 is 29.3 Å². The second-order valence-electron chi connectivity index (χ2n) is 7.28. The van der Waals surface area contributed by atoms with Crippen LogP contribution in [-0.2, 0) is 14.8 Å². The summed E-state index contributed by atoms with van der Waals surface area (Å²) in [6.07, 6.45) is 0.272. The number of hydrogen-bond donors (Lipinski definition) is 0. The Morgan fingerprint density at radius 3 is 1.85 bits per heavy atom. The highest BCUT2D eigenvalue weighted by Gasteiger charge is 2.50. The lowest BCUT2D eigenvalue weighted by Crippen LogP contribution is -2.41. The second-order valence-corrected chi connectivity index (χ2v) is 10.1. The van der Waals surface area contributed by atoms with Gasteiger partial charge in [0.05, 0.1) is 5.41 Å². The topological polar surface area (TPSA) is 37.4 Å². The van der Waals surface area contributed by atoms with E-state index in [4.69, 9.17) is 0 Å². The number of amides is 1. The fraction of sp³-hybridized carbons (Fsp3) is 0.174. The molecule has 4 heteroatoms. The molecule has 0 unspecified atom stereocenters. The minimum Gasteiger partial charge on any atom is -0.314 e. The van der Waals surface area contributed by atoms with Crippen molar-refractivity contribution in [2.45, 2.75) is 12.3 Å². The van der Waals surface area contributed by atoms with Crippen LogP contribution in [0.25, 0.3) is 0 Å². The van der Waals surface area contributed by atoms with Gasteiger partial charge < -0.3 is 9.46 Å². The van der Waals surface area contributed by atoms with Crippen LogP contribution in [-0.4, -0.2) is 19.1 Å². The van der Waals surface area contributed by atoms with Gasteiger partial charge in [0.25, 0.3) is 0 Å². The lowest BCUT2D eigenvalue weighted by Gasteiger charge is -2.29. The second kappa shape index (κ2) is 6.51. The Labute approximate surface area is 160 Å². The summed E-state index contributed by atoms with van der Waals surface area (Å²) in [5, 5.41) is 1.58. The molecule has 1 amide bonds. The molecule has 1 atom stereocenters. The first-order valence-corrected chi connectivity index (χ1v) is 10.9. The number of para-hydroxylation sites is 1. The van der Waals surface area contributed by atoms with Crippen LogP contribution in [0.3, 0.4) is 0 Å². The number of likely N-dealkylation sites (N-methyl/N-ethyl adjacent to an activating group) is 1. The first kappa shape index (κ1) is 17.8. The SMILES string of the molecule is CN1C(=O)[C@@](C)(CP(=O)(c2ccccc2)c2ccccc2)c2ccccc21. The van der Waals surface area contributed by atoms with Crippen molar-refractivity contribution in [3.05, 3.63) is 90.5 Å². The number of rotatable bonds is 4. The molecule has 0 spiro atoms. The number of benzene rings is 3. The van der Waals surface area contributed by atoms with Crippen LogP contribution >= 0.6 is 7.14 Å². The van der Waals surface area contributed by atoms with Crippen molar-refractivity contribution in [2.75, 3.05) is 18.1 Å². The van der Waals surface area contributed by atoms with Crippen LogP contribution < -0.4 is 15.5 Å². The highest BCUT2D eigenvalue weighted by Crippen LogP contribution is 2.53. The minimum atomic E-state index is -3.01. The van der Waals surface area contributed by atoms with Crippen LogP contribution in [0.5, 0.6) is 0 Å². The van der Waals surface area contributed by atoms with Crippen LogP contribution in [0.15, 0.2) is 84.9 Å². The maximum atomic E-state index is 14.5. The number of carbonyl (C=O) groups is 1. The maximum Gasteiger partial charge on any atom is 0.237 e. The van der Waals surface area contributed by atoms with Gasteiger partial charge in [0.15, 0.2) is 0 Å². The third kappa shape index (κ3) is 2.74. The Kier molecular flexibility index (Phi) is 4.28. The van der Waals surface area contributed by atoms with Crippen molar-refractivity contribution < 1.29 is 9.36 Å². The van der Waals surface area contributed by atoms with Crippen molar-refractivity contribution in [1.29, 1.82) is 0 Å². The molecular weight excluding hydrogens is 353 g/mol. The molecule has 0 saturated heterocycles. The maximum absolute atomic E-state index is 14.5. The van der Waals surface area contributed by atoms with Gasteiger partial charge in [-0.2, -0.15) is 0 Å². The average Bonchev–Trinajstić information content (AvgIpc) is 2.91. The first-order chi connectivity index (χ1) is 13.0. The number of anilines is 1. The third-order valence-corrected chi connectivity index (χ3v) is 8.86. The Hall–Kier alpha value is -2.64. The largest absolute Gasteiger partial charge is 0.314 e. The zero-order valence-electron chi connectivity index (χ0n) is 15.5. The van der Waals surface area contributed by atoms with Crippen molar-refractivity contribution in [1.82, 2.24) is 0 Å². The number of nitrogens with zero attached hydrogens (tertiary/aromatic N) is 1. The van der Waals surface area contributed by atoms with Crippen molar-refractivity contribution in [2.24, 2.45) is 0 Å². The van der Waals surface area contributed by atoms with Gasteiger partial charge in [-0.1, -0.05) is 78.9 Å². The van der Waals surface area contributed by atoms with Crippen LogP contribution in [0.2, 0.25) is 0 Å². The molecule has 0 saturated carbocycles. The van der Waals surface area contributed by atoms with E-state index in [2.05, 4.69) is 0 Å². The molecule has 27 heavy (non-hydrogen) atoms. The smallest absolute Gasteiger partial charge is 0.237 e. The van der Waals surface area contributed by atoms with Gasteiger partial charge in [0, 0.05) is 29.5 Å². The summed E-state index contributed by atoms with van der Waals surface area (Å²) < 4.78 is 14.5. The number of fused-ring (bicyclic) bond motifs is 1. The zero-order valence-corrected chi connectivity index (χ0v) is 16.4. The molecule has 0 radical (unpaired) electrons. The fourth-order valence-corrected chi connectivity index (χ4v) is 7.26. The third-order valence-electron chi connectivity index (χ3n) is 5.52. The number of hydrogen-bond acceptors (Lipinski definition) is 2. The van der Waals surface area contributed by atoms with Gasteiger partial charge in [-0.05, 0) is 18.6 Å². The predicted molar refractivity (Wildman–Crippen MR) is 112 cm³/mol. The average molecular weight is 375 g/mol. The Bertz CT molecular complexity index is 989. The highest BCUT2D eigenvalue weighted by molar-refractivity contribution is 7.78. The highest BCUT2D eigenvalue weighted by atomic mass is 31.2. The van der Waals surface area contributed by atoms with Gasteiger partial charge in [0.1, 0.15) is 7.14 Å². The van der Waals surface area contributed by atoms with Crippen LogP contribution in [0, 0.1) is 0 Å². The molecule has 3 nitrogen and oxygen atoms in total. The minimum absolute atomic E-state index is 0.00390. The van der Waals surface area contributed by atoms with E-state index in [9.17, 15) is 9.36 Å². The summed E-state index contributed by atoms with van der Waals surface area (Å²) in [5.41, 5.74) is 1.02. The molecule has 1 heterocycles. The fourth-order valence-electron chi connectivity index (χ4n) is 4.09. The van der Waals surface area contributed by atoms with E-state index in [1.165, 1.54) is 0 Å². The summed E-state index contributed by atoms with van der Waals surface area (Å²) in [4.78, 5) is 14.9. The van der Waals surface area contributed by atoms with E-state index < -0.39 is 12.6 Å². The van der Waals surface area contributed by atoms with E-state index in [1.54, 1.807) is 11.9 Å². The molecule has 0 fully saturated rings. The standard InChI is InChI=1S/C23H22NO2P/c1-23(20-15-9-10-16-21(20)24(2)22(23)25)17-27(26,18-11-5-3-6-12-18)19-13-7-4-8-14-19/h3-16H,17H2,1-2H3/t23-/m0/s1. The Morgan fingerprint density at radius 1 is 0.815 bits per heavy atom. The Balaban J connectivity index is 1.89. The molecule has 1 aliphatic rings. The summed E-state index contributed by atoms with van der Waals surface area (Å²) in [6, 6.07) is 26.9. The normalized spacial score (nSPS) is 19.2. The molecule has 3 aromatic rings. The monoisotopic (exact) mass is 375 g/mol. The van der Waals surface area contributed by atoms with Gasteiger partial charge in [0.2, 0.25) is 5.91 Å². The van der Waals surface area contributed by atoms with Gasteiger partial charge in [-0.25, -0.2) is 0 Å². The molecule has 1 aliphatic heterocycles. The molecule has 0 bridgehead atoms. The van der Waals surface area contributed by atoms with E-state index in [0.717, 1.165) is 21.9 Å². The molecule has 0 N–H and O–H groups in total. The first-order valence-electron chi connectivity index (χ1n) is 9.05. The summed E-state index contributed by atoms with van der Waals surface area (Å²) >= 11 is 0. The molecule has 4 rings (SSSR count). The Morgan fingerprint density at radius 2 is 1.30 bits per heavy atom. The molecule has 0 aromatic heterocycles. The van der Waals surface area contributed by atoms with Gasteiger partial charge in [-0.15, -0.1) is 0 Å². The van der Waals surface area contributed by atoms with Gasteiger partial charge in [-0.3, -0.25) is 4.79 Å². The van der Waals surface area contributed by atoms with Gasteiger partial charge >= 0.3 is 0 Å². The van der Waals surface area contributed by atoms with Crippen LogP contribution in [0.4, 0.5) is 5.69 Å². The molecular formula is C23H22NO2P. The summed E-state index contributed by atoms with van der Waals surface area (Å²) in [5.74, 6) is -0.00390. The number of carbonyl (C=O) groups excluding carboxylic acids is 1. The lowest BCUT2D eigenvalue weighted by molar-refractivity contribution is -0.121. The van der Waals surface area contributed by atoms with E-state index in [-0.39, 0.29) is 12.1 Å². The summed E-state index contributed by atoms with van der Waals surface area (Å²) in [7, 11) is -1.21. The van der Waals surface area contributed by atoms with E-state index in [0.29, 0.717) is 0 Å². The molecule has 3 aromatic carbocycles. The van der Waals surface area contributed by atoms with E-state index in [1.807, 2.05) is 91.9 Å². The molecule has 0 aliphatic carbocycles. The van der Waals surface area contributed by atoms with Crippen LogP contribution in [0.1, 0.15) is 12.5 Å². The van der Waals surface area contributed by atoms with Crippen molar-refractivity contribution in [3.63, 3.8) is 0 Å².